The minimum atomic E-state index is -1.03. The number of aliphatic carboxylic acids is 1. The Labute approximate surface area is 212 Å². The topological polar surface area (TPSA) is 93.0 Å². The van der Waals surface area contributed by atoms with Gasteiger partial charge in [-0.2, -0.15) is 0 Å². The number of benzene rings is 1. The van der Waals surface area contributed by atoms with Crippen molar-refractivity contribution in [3.05, 3.63) is 28.9 Å². The van der Waals surface area contributed by atoms with E-state index in [0.717, 1.165) is 38.8 Å². The van der Waals surface area contributed by atoms with Crippen LogP contribution in [0.4, 0.5) is 0 Å². The molecule has 1 amide bonds. The lowest BCUT2D eigenvalue weighted by molar-refractivity contribution is -0.145. The molecule has 9 heteroatoms. The Bertz CT molecular complexity index is 1020. The second-order valence-electron chi connectivity index (χ2n) is 9.33. The third kappa shape index (κ3) is 6.11. The monoisotopic (exact) mass is 507 g/mol. The maximum Gasteiger partial charge on any atom is 0.344 e. The maximum atomic E-state index is 14.1. The SMILES string of the molecule is CCC(Oc1cccc2c(Cl)c(C(=O)N(C(C)C)[C@@H]3CCCNC3)n(CCCCOC)c12)C(=O)O. The molecule has 2 atom stereocenters. The van der Waals surface area contributed by atoms with E-state index in [-0.39, 0.29) is 18.0 Å². The van der Waals surface area contributed by atoms with Gasteiger partial charge >= 0.3 is 5.97 Å². The number of carboxylic acid groups (broad SMARTS) is 1. The van der Waals surface area contributed by atoms with E-state index >= 15 is 0 Å². The molecule has 35 heavy (non-hydrogen) atoms. The van der Waals surface area contributed by atoms with Crippen molar-refractivity contribution in [3.8, 4) is 5.75 Å². The zero-order valence-electron chi connectivity index (χ0n) is 21.2. The number of carbonyl (C=O) groups excluding carboxylic acids is 1. The van der Waals surface area contributed by atoms with Gasteiger partial charge in [-0.15, -0.1) is 0 Å². The van der Waals surface area contributed by atoms with Crippen LogP contribution in [0.1, 0.15) is 63.4 Å². The molecule has 1 saturated heterocycles. The van der Waals surface area contributed by atoms with E-state index < -0.39 is 12.1 Å². The molecule has 1 aromatic carbocycles. The Balaban J connectivity index is 2.13. The molecule has 194 valence electrons. The van der Waals surface area contributed by atoms with E-state index in [0.29, 0.717) is 46.9 Å². The highest BCUT2D eigenvalue weighted by Gasteiger charge is 2.33. The van der Waals surface area contributed by atoms with Crippen molar-refractivity contribution < 1.29 is 24.2 Å². The molecule has 0 saturated carbocycles. The van der Waals surface area contributed by atoms with Crippen molar-refractivity contribution in [1.29, 1.82) is 0 Å². The van der Waals surface area contributed by atoms with Crippen molar-refractivity contribution >= 4 is 34.4 Å². The van der Waals surface area contributed by atoms with Gasteiger partial charge in [0, 0.05) is 44.3 Å². The number of fused-ring (bicyclic) bond motifs is 1. The summed E-state index contributed by atoms with van der Waals surface area (Å²) < 4.78 is 13.1. The van der Waals surface area contributed by atoms with Crippen LogP contribution < -0.4 is 10.1 Å². The summed E-state index contributed by atoms with van der Waals surface area (Å²) in [6, 6.07) is 5.47. The predicted octanol–water partition coefficient (Wildman–Crippen LogP) is 4.57. The summed E-state index contributed by atoms with van der Waals surface area (Å²) >= 11 is 6.91. The van der Waals surface area contributed by atoms with Crippen molar-refractivity contribution in [3.63, 3.8) is 0 Å². The number of para-hydroxylation sites is 1. The minimum Gasteiger partial charge on any atom is -0.479 e. The van der Waals surface area contributed by atoms with Crippen molar-refractivity contribution in [1.82, 2.24) is 14.8 Å². The number of nitrogens with one attached hydrogen (secondary N) is 1. The third-order valence-corrected chi connectivity index (χ3v) is 6.92. The largest absolute Gasteiger partial charge is 0.479 e. The summed E-state index contributed by atoms with van der Waals surface area (Å²) in [5.41, 5.74) is 1.08. The minimum absolute atomic E-state index is 0.00405. The van der Waals surface area contributed by atoms with Gasteiger partial charge in [-0.1, -0.05) is 30.7 Å². The molecule has 1 aliphatic rings. The fourth-order valence-corrected chi connectivity index (χ4v) is 5.19. The third-order valence-electron chi connectivity index (χ3n) is 6.54. The number of hydrogen-bond donors (Lipinski definition) is 2. The number of carboxylic acids is 1. The van der Waals surface area contributed by atoms with Crippen LogP contribution in [-0.2, 0) is 16.1 Å². The van der Waals surface area contributed by atoms with E-state index in [2.05, 4.69) is 5.32 Å². The number of nitrogens with zero attached hydrogens (tertiary/aromatic N) is 2. The lowest BCUT2D eigenvalue weighted by atomic mass is 10.0. The van der Waals surface area contributed by atoms with Crippen LogP contribution in [0.5, 0.6) is 5.75 Å². The first-order valence-corrected chi connectivity index (χ1v) is 12.9. The Hall–Kier alpha value is -2.29. The van der Waals surface area contributed by atoms with Gasteiger partial charge in [0.05, 0.1) is 10.5 Å². The highest BCUT2D eigenvalue weighted by molar-refractivity contribution is 6.39. The molecule has 0 radical (unpaired) electrons. The number of carbonyl (C=O) groups is 2. The molecule has 3 rings (SSSR count). The normalized spacial score (nSPS) is 17.0. The highest BCUT2D eigenvalue weighted by atomic mass is 35.5. The van der Waals surface area contributed by atoms with Crippen LogP contribution in [0.3, 0.4) is 0 Å². The molecule has 1 aromatic heterocycles. The van der Waals surface area contributed by atoms with E-state index in [4.69, 9.17) is 21.1 Å². The Kier molecular flexibility index (Phi) is 9.83. The number of unbranched alkanes of at least 4 members (excludes halogenated alkanes) is 1. The molecule has 0 spiro atoms. The number of aromatic nitrogens is 1. The Morgan fingerprint density at radius 1 is 1.31 bits per heavy atom. The highest BCUT2D eigenvalue weighted by Crippen LogP contribution is 2.38. The summed E-state index contributed by atoms with van der Waals surface area (Å²) in [4.78, 5) is 27.7. The fraction of sp³-hybridized carbons (Fsp3) is 0.615. The van der Waals surface area contributed by atoms with Crippen LogP contribution in [-0.4, -0.2) is 71.4 Å². The van der Waals surface area contributed by atoms with Gasteiger partial charge in [-0.05, 0) is 58.6 Å². The van der Waals surface area contributed by atoms with Crippen molar-refractivity contribution in [2.24, 2.45) is 0 Å². The number of ether oxygens (including phenoxy) is 2. The second kappa shape index (κ2) is 12.6. The standard InChI is InChI=1S/C26H38ClN3O5/c1-5-20(26(32)33)35-21-12-8-11-19-22(27)24(29(23(19)21)14-6-7-15-34-4)25(31)30(17(2)3)18-10-9-13-28-16-18/h8,11-12,17-18,20,28H,5-7,9-10,13-16H2,1-4H3,(H,32,33)/t18-,20?/m1/s1. The van der Waals surface area contributed by atoms with Gasteiger partial charge in [0.2, 0.25) is 0 Å². The van der Waals surface area contributed by atoms with Crippen molar-refractivity contribution in [2.75, 3.05) is 26.8 Å². The maximum absolute atomic E-state index is 14.1. The van der Waals surface area contributed by atoms with Crippen LogP contribution in [0.25, 0.3) is 10.9 Å². The van der Waals surface area contributed by atoms with Crippen molar-refractivity contribution in [2.45, 2.75) is 77.6 Å². The molecule has 8 nitrogen and oxygen atoms in total. The molecule has 2 aromatic rings. The summed E-state index contributed by atoms with van der Waals surface area (Å²) in [5, 5.41) is 14.0. The Morgan fingerprint density at radius 3 is 2.69 bits per heavy atom. The van der Waals surface area contributed by atoms with Gasteiger partial charge in [0.25, 0.3) is 5.91 Å². The summed E-state index contributed by atoms with van der Waals surface area (Å²) in [5.74, 6) is -0.723. The van der Waals surface area contributed by atoms with Crippen LogP contribution >= 0.6 is 11.6 Å². The zero-order chi connectivity index (χ0) is 25.5. The first-order chi connectivity index (χ1) is 16.8. The predicted molar refractivity (Wildman–Crippen MR) is 138 cm³/mol. The van der Waals surface area contributed by atoms with E-state index in [9.17, 15) is 14.7 Å². The molecule has 0 bridgehead atoms. The van der Waals surface area contributed by atoms with Gasteiger partial charge in [-0.25, -0.2) is 4.79 Å². The zero-order valence-corrected chi connectivity index (χ0v) is 21.9. The molecule has 1 unspecified atom stereocenters. The molecule has 1 aliphatic heterocycles. The smallest absolute Gasteiger partial charge is 0.344 e. The van der Waals surface area contributed by atoms with E-state index in [1.165, 1.54) is 0 Å². The van der Waals surface area contributed by atoms with E-state index in [1.54, 1.807) is 26.2 Å². The number of methoxy groups -OCH3 is 1. The second-order valence-corrected chi connectivity index (χ2v) is 9.70. The number of hydrogen-bond acceptors (Lipinski definition) is 5. The molecule has 1 fully saturated rings. The Morgan fingerprint density at radius 2 is 2.09 bits per heavy atom. The fourth-order valence-electron chi connectivity index (χ4n) is 4.86. The molecule has 2 N–H and O–H groups in total. The summed E-state index contributed by atoms with van der Waals surface area (Å²) in [6.07, 6.45) is 2.86. The van der Waals surface area contributed by atoms with E-state index in [1.807, 2.05) is 29.4 Å². The van der Waals surface area contributed by atoms with Gasteiger partial charge < -0.3 is 29.4 Å². The number of rotatable bonds is 12. The van der Waals surface area contributed by atoms with Gasteiger partial charge in [0.1, 0.15) is 11.4 Å². The van der Waals surface area contributed by atoms with Gasteiger partial charge in [0.15, 0.2) is 6.10 Å². The molecule has 0 aliphatic carbocycles. The van der Waals surface area contributed by atoms with Crippen LogP contribution in [0, 0.1) is 0 Å². The van der Waals surface area contributed by atoms with Crippen LogP contribution in [0.15, 0.2) is 18.2 Å². The molecular formula is C26H38ClN3O5. The molecule has 2 heterocycles. The molecular weight excluding hydrogens is 470 g/mol. The summed E-state index contributed by atoms with van der Waals surface area (Å²) in [6.45, 7) is 8.68. The number of piperidine rings is 1. The first kappa shape index (κ1) is 27.3. The quantitative estimate of drug-likeness (QED) is 0.409. The first-order valence-electron chi connectivity index (χ1n) is 12.5. The summed E-state index contributed by atoms with van der Waals surface area (Å²) in [7, 11) is 1.67. The lowest BCUT2D eigenvalue weighted by Gasteiger charge is -2.38. The average Bonchev–Trinajstić information content (AvgIpc) is 3.12. The number of amides is 1. The van der Waals surface area contributed by atoms with Gasteiger partial charge in [-0.3, -0.25) is 4.79 Å². The number of aryl methyl sites for hydroxylation is 1. The van der Waals surface area contributed by atoms with Crippen LogP contribution in [0.2, 0.25) is 5.02 Å². The lowest BCUT2D eigenvalue weighted by Crippen LogP contribution is -2.52. The average molecular weight is 508 g/mol. The number of halogens is 1.